The minimum absolute atomic E-state index is 0.0442. The fourth-order valence-corrected chi connectivity index (χ4v) is 3.39. The number of ether oxygens (including phenoxy) is 1. The van der Waals surface area contributed by atoms with E-state index in [2.05, 4.69) is 4.98 Å². The number of hydrogen-bond donors (Lipinski definition) is 0. The van der Waals surface area contributed by atoms with Crippen LogP contribution in [0.4, 0.5) is 4.79 Å². The lowest BCUT2D eigenvalue weighted by molar-refractivity contribution is 0.0127. The average molecular weight is 370 g/mol. The molecular formula is C17H26N2O5S. The average Bonchev–Trinajstić information content (AvgIpc) is 2.89. The van der Waals surface area contributed by atoms with Gasteiger partial charge in [-0.25, -0.2) is 4.79 Å². The van der Waals surface area contributed by atoms with E-state index in [1.807, 2.05) is 32.9 Å². The highest BCUT2D eigenvalue weighted by molar-refractivity contribution is 7.85. The molecule has 25 heavy (non-hydrogen) atoms. The van der Waals surface area contributed by atoms with Gasteiger partial charge in [0, 0.05) is 18.4 Å². The summed E-state index contributed by atoms with van der Waals surface area (Å²) in [5.41, 5.74) is 0.340. The van der Waals surface area contributed by atoms with E-state index in [0.717, 1.165) is 24.7 Å². The second-order valence-corrected chi connectivity index (χ2v) is 8.88. The second-order valence-electron chi connectivity index (χ2n) is 7.24. The van der Waals surface area contributed by atoms with E-state index >= 15 is 0 Å². The third-order valence-corrected chi connectivity index (χ3v) is 4.52. The Balaban J connectivity index is 2.16. The molecule has 0 unspecified atom stereocenters. The van der Waals surface area contributed by atoms with Gasteiger partial charge >= 0.3 is 6.09 Å². The van der Waals surface area contributed by atoms with Crippen LogP contribution in [-0.4, -0.2) is 48.9 Å². The molecule has 0 aromatic carbocycles. The van der Waals surface area contributed by atoms with Gasteiger partial charge in [0.15, 0.2) is 0 Å². The first-order valence-corrected chi connectivity index (χ1v) is 10.1. The Morgan fingerprint density at radius 3 is 2.64 bits per heavy atom. The highest BCUT2D eigenvalue weighted by atomic mass is 32.2. The first-order valence-electron chi connectivity index (χ1n) is 8.32. The first-order chi connectivity index (χ1) is 11.6. The molecule has 1 aromatic heterocycles. The number of carbonyl (C=O) groups excluding carboxylic acids is 1. The van der Waals surface area contributed by atoms with Crippen molar-refractivity contribution >= 4 is 16.2 Å². The minimum atomic E-state index is -3.49. The molecule has 8 heteroatoms. The summed E-state index contributed by atoms with van der Waals surface area (Å²) in [6.45, 7) is 5.51. The van der Waals surface area contributed by atoms with E-state index in [9.17, 15) is 13.2 Å². The molecule has 2 rings (SSSR count). The lowest BCUT2D eigenvalue weighted by Gasteiger charge is -2.32. The van der Waals surface area contributed by atoms with Crippen molar-refractivity contribution in [2.45, 2.75) is 57.7 Å². The van der Waals surface area contributed by atoms with Gasteiger partial charge < -0.3 is 4.74 Å². The van der Waals surface area contributed by atoms with Crippen molar-refractivity contribution in [3.63, 3.8) is 0 Å². The molecule has 0 bridgehead atoms. The molecule has 0 radical (unpaired) electrons. The van der Waals surface area contributed by atoms with Crippen LogP contribution in [0, 0.1) is 0 Å². The Morgan fingerprint density at radius 2 is 2.08 bits per heavy atom. The van der Waals surface area contributed by atoms with Gasteiger partial charge in [-0.3, -0.25) is 14.1 Å². The quantitative estimate of drug-likeness (QED) is 0.741. The van der Waals surface area contributed by atoms with Gasteiger partial charge in [0.1, 0.15) is 5.60 Å². The van der Waals surface area contributed by atoms with E-state index in [-0.39, 0.29) is 18.7 Å². The number of hydrogen-bond acceptors (Lipinski definition) is 6. The zero-order valence-electron chi connectivity index (χ0n) is 15.1. The van der Waals surface area contributed by atoms with Gasteiger partial charge in [0.2, 0.25) is 0 Å². The third-order valence-electron chi connectivity index (χ3n) is 3.92. The fourth-order valence-electron chi connectivity index (χ4n) is 2.99. The third kappa shape index (κ3) is 5.97. The van der Waals surface area contributed by atoms with Crippen LogP contribution in [0.25, 0.3) is 0 Å². The van der Waals surface area contributed by atoms with Crippen molar-refractivity contribution in [2.75, 3.05) is 12.9 Å². The molecule has 140 valence electrons. The highest BCUT2D eigenvalue weighted by Crippen LogP contribution is 2.38. The van der Waals surface area contributed by atoms with Gasteiger partial charge in [-0.15, -0.1) is 0 Å². The largest absolute Gasteiger partial charge is 0.444 e. The molecule has 1 aromatic rings. The van der Waals surface area contributed by atoms with E-state index in [4.69, 9.17) is 8.92 Å². The summed E-state index contributed by atoms with van der Waals surface area (Å²) in [7, 11) is -3.49. The van der Waals surface area contributed by atoms with Crippen molar-refractivity contribution in [3.05, 3.63) is 30.1 Å². The maximum Gasteiger partial charge on any atom is 0.411 e. The predicted octanol–water partition coefficient (Wildman–Crippen LogP) is 2.89. The van der Waals surface area contributed by atoms with Gasteiger partial charge in [-0.1, -0.05) is 6.07 Å². The van der Waals surface area contributed by atoms with Gasteiger partial charge in [0.05, 0.1) is 18.9 Å². The number of carbonyl (C=O) groups is 1. The summed E-state index contributed by atoms with van der Waals surface area (Å²) in [5.74, 6) is 0. The van der Waals surface area contributed by atoms with Crippen LogP contribution < -0.4 is 0 Å². The summed E-state index contributed by atoms with van der Waals surface area (Å²) in [6.07, 6.45) is 6.02. The lowest BCUT2D eigenvalue weighted by atomic mass is 10.1. The zero-order chi connectivity index (χ0) is 18.7. The first kappa shape index (κ1) is 19.7. The maximum absolute atomic E-state index is 12.7. The monoisotopic (exact) mass is 370 g/mol. The fraction of sp³-hybridized carbons (Fsp3) is 0.647. The minimum Gasteiger partial charge on any atom is -0.444 e. The molecule has 2 heterocycles. The maximum atomic E-state index is 12.7. The van der Waals surface area contributed by atoms with Crippen molar-refractivity contribution in [2.24, 2.45) is 0 Å². The Bertz CT molecular complexity index is 685. The van der Waals surface area contributed by atoms with Gasteiger partial charge in [-0.05, 0) is 51.7 Å². The Labute approximate surface area is 149 Å². The molecule has 1 aliphatic rings. The molecule has 2 atom stereocenters. The Hall–Kier alpha value is -1.67. The molecular weight excluding hydrogens is 344 g/mol. The van der Waals surface area contributed by atoms with Crippen LogP contribution in [-0.2, 0) is 19.0 Å². The second kappa shape index (κ2) is 7.70. The molecule has 1 fully saturated rings. The zero-order valence-corrected chi connectivity index (χ0v) is 16.0. The van der Waals surface area contributed by atoms with E-state index < -0.39 is 21.8 Å². The Kier molecular flexibility index (Phi) is 6.05. The number of aromatic nitrogens is 1. The smallest absolute Gasteiger partial charge is 0.411 e. The molecule has 0 aliphatic carbocycles. The predicted molar refractivity (Wildman–Crippen MR) is 93.5 cm³/mol. The molecule has 0 N–H and O–H groups in total. The van der Waals surface area contributed by atoms with Crippen molar-refractivity contribution in [1.82, 2.24) is 9.88 Å². The van der Waals surface area contributed by atoms with Crippen LogP contribution in [0.3, 0.4) is 0 Å². The van der Waals surface area contributed by atoms with E-state index in [0.29, 0.717) is 6.42 Å². The van der Waals surface area contributed by atoms with Gasteiger partial charge in [-0.2, -0.15) is 8.42 Å². The molecule has 7 nitrogen and oxygen atoms in total. The molecule has 1 amide bonds. The van der Waals surface area contributed by atoms with Crippen LogP contribution >= 0.6 is 0 Å². The normalized spacial score (nSPS) is 21.4. The SMILES string of the molecule is CC(C)(C)OC(=O)N1[C@H](CCOS(C)(=O)=O)CC[C@@H]1c1cccnc1. The standard InChI is InChI=1S/C17H26N2O5S/c1-17(2,3)24-16(20)19-14(9-11-23-25(4,21)22)7-8-15(19)13-6-5-10-18-12-13/h5-6,10,12,14-15H,7-9,11H2,1-4H3/t14-,15+/m0/s1. The number of likely N-dealkylation sites (tertiary alicyclic amines) is 1. The topological polar surface area (TPSA) is 85.8 Å². The van der Waals surface area contributed by atoms with Crippen LogP contribution in [0.2, 0.25) is 0 Å². The van der Waals surface area contributed by atoms with Crippen molar-refractivity contribution in [1.29, 1.82) is 0 Å². The van der Waals surface area contributed by atoms with E-state index in [1.165, 1.54) is 0 Å². The van der Waals surface area contributed by atoms with Crippen LogP contribution in [0.1, 0.15) is 51.6 Å². The number of nitrogens with zero attached hydrogens (tertiary/aromatic N) is 2. The summed E-state index contributed by atoms with van der Waals surface area (Å²) in [4.78, 5) is 18.6. The highest BCUT2D eigenvalue weighted by Gasteiger charge is 2.40. The summed E-state index contributed by atoms with van der Waals surface area (Å²) >= 11 is 0. The van der Waals surface area contributed by atoms with Crippen molar-refractivity contribution < 1.29 is 22.1 Å². The summed E-state index contributed by atoms with van der Waals surface area (Å²) < 4.78 is 32.7. The van der Waals surface area contributed by atoms with Crippen molar-refractivity contribution in [3.8, 4) is 0 Å². The molecule has 0 spiro atoms. The number of amides is 1. The molecule has 1 saturated heterocycles. The summed E-state index contributed by atoms with van der Waals surface area (Å²) in [6, 6.07) is 3.50. The van der Waals surface area contributed by atoms with Crippen LogP contribution in [0.5, 0.6) is 0 Å². The number of pyridine rings is 1. The Morgan fingerprint density at radius 1 is 1.36 bits per heavy atom. The molecule has 0 saturated carbocycles. The van der Waals surface area contributed by atoms with Crippen LogP contribution in [0.15, 0.2) is 24.5 Å². The number of rotatable bonds is 5. The summed E-state index contributed by atoms with van der Waals surface area (Å²) in [5, 5.41) is 0. The van der Waals surface area contributed by atoms with E-state index in [1.54, 1.807) is 17.3 Å². The molecule has 1 aliphatic heterocycles. The van der Waals surface area contributed by atoms with Gasteiger partial charge in [0.25, 0.3) is 10.1 Å². The lowest BCUT2D eigenvalue weighted by Crippen LogP contribution is -2.41.